The fraction of sp³-hybridized carbons (Fsp3) is 0.875. The van der Waals surface area contributed by atoms with E-state index in [0.29, 0.717) is 6.29 Å². The minimum Gasteiger partial charge on any atom is -0.390 e. The summed E-state index contributed by atoms with van der Waals surface area (Å²) in [5.74, 6) is -0.878. The SMILES string of the molecule is COCC(O)C(O)C(O)C(C=O)CN. The maximum atomic E-state index is 10.4. The van der Waals surface area contributed by atoms with Crippen LogP contribution in [0, 0.1) is 5.92 Å². The average Bonchev–Trinajstić information content (AvgIpc) is 2.18. The minimum atomic E-state index is -1.44. The molecule has 0 aromatic carbocycles. The molecule has 6 heteroatoms. The van der Waals surface area contributed by atoms with E-state index >= 15 is 0 Å². The van der Waals surface area contributed by atoms with Crippen molar-refractivity contribution in [3.63, 3.8) is 0 Å². The van der Waals surface area contributed by atoms with Crippen LogP contribution < -0.4 is 5.73 Å². The molecule has 0 spiro atoms. The van der Waals surface area contributed by atoms with Gasteiger partial charge in [-0.1, -0.05) is 0 Å². The number of hydrogen-bond acceptors (Lipinski definition) is 6. The van der Waals surface area contributed by atoms with E-state index < -0.39 is 24.2 Å². The Morgan fingerprint density at radius 3 is 2.29 bits per heavy atom. The third kappa shape index (κ3) is 3.69. The zero-order valence-corrected chi connectivity index (χ0v) is 8.04. The Hall–Kier alpha value is -0.530. The van der Waals surface area contributed by atoms with Gasteiger partial charge in [0.1, 0.15) is 18.5 Å². The maximum Gasteiger partial charge on any atom is 0.127 e. The average molecular weight is 207 g/mol. The Bertz CT molecular complexity index is 166. The molecule has 0 bridgehead atoms. The molecule has 0 aromatic heterocycles. The minimum absolute atomic E-state index is 0.0819. The second-order valence-electron chi connectivity index (χ2n) is 3.04. The van der Waals surface area contributed by atoms with E-state index in [4.69, 9.17) is 5.73 Å². The molecule has 0 heterocycles. The summed E-state index contributed by atoms with van der Waals surface area (Å²) in [5, 5.41) is 28.0. The highest BCUT2D eigenvalue weighted by Gasteiger charge is 2.30. The van der Waals surface area contributed by atoms with Gasteiger partial charge in [0.2, 0.25) is 0 Å². The molecule has 4 unspecified atom stereocenters. The second-order valence-corrected chi connectivity index (χ2v) is 3.04. The van der Waals surface area contributed by atoms with Gasteiger partial charge in [0, 0.05) is 13.7 Å². The Morgan fingerprint density at radius 2 is 1.93 bits per heavy atom. The van der Waals surface area contributed by atoms with Crippen LogP contribution >= 0.6 is 0 Å². The van der Waals surface area contributed by atoms with E-state index in [2.05, 4.69) is 4.74 Å². The van der Waals surface area contributed by atoms with Crippen molar-refractivity contribution in [3.05, 3.63) is 0 Å². The molecule has 0 radical (unpaired) electrons. The van der Waals surface area contributed by atoms with Crippen molar-refractivity contribution in [1.29, 1.82) is 0 Å². The number of carbonyl (C=O) groups excluding carboxylic acids is 1. The molecule has 4 atom stereocenters. The van der Waals surface area contributed by atoms with Crippen LogP contribution in [-0.2, 0) is 9.53 Å². The van der Waals surface area contributed by atoms with E-state index in [1.807, 2.05) is 0 Å². The highest BCUT2D eigenvalue weighted by atomic mass is 16.5. The van der Waals surface area contributed by atoms with Crippen LogP contribution in [0.2, 0.25) is 0 Å². The fourth-order valence-electron chi connectivity index (χ4n) is 1.03. The normalized spacial score (nSPS) is 19.8. The fourth-order valence-corrected chi connectivity index (χ4v) is 1.03. The standard InChI is InChI=1S/C8H17NO5/c1-14-4-6(11)8(13)7(12)5(2-9)3-10/h3,5-8,11-13H,2,4,9H2,1H3. The van der Waals surface area contributed by atoms with Gasteiger partial charge in [-0.3, -0.25) is 0 Å². The lowest BCUT2D eigenvalue weighted by molar-refractivity contribution is -0.125. The maximum absolute atomic E-state index is 10.4. The molecular weight excluding hydrogens is 190 g/mol. The molecule has 14 heavy (non-hydrogen) atoms. The second kappa shape index (κ2) is 6.86. The molecule has 0 saturated heterocycles. The highest BCUT2D eigenvalue weighted by Crippen LogP contribution is 2.08. The largest absolute Gasteiger partial charge is 0.390 e. The van der Waals surface area contributed by atoms with Gasteiger partial charge in [-0.15, -0.1) is 0 Å². The molecule has 5 N–H and O–H groups in total. The van der Waals surface area contributed by atoms with Crippen molar-refractivity contribution in [1.82, 2.24) is 0 Å². The first-order chi connectivity index (χ1) is 6.58. The topological polar surface area (TPSA) is 113 Å². The molecule has 0 rings (SSSR count). The van der Waals surface area contributed by atoms with Gasteiger partial charge in [-0.2, -0.15) is 0 Å². The first-order valence-electron chi connectivity index (χ1n) is 4.27. The van der Waals surface area contributed by atoms with Gasteiger partial charge in [0.05, 0.1) is 18.6 Å². The third-order valence-electron chi connectivity index (χ3n) is 1.97. The predicted octanol–water partition coefficient (Wildman–Crippen LogP) is -2.51. The van der Waals surface area contributed by atoms with Gasteiger partial charge in [0.15, 0.2) is 0 Å². The van der Waals surface area contributed by atoms with Crippen molar-refractivity contribution in [3.8, 4) is 0 Å². The zero-order valence-electron chi connectivity index (χ0n) is 8.04. The van der Waals surface area contributed by atoms with Crippen molar-refractivity contribution < 1.29 is 24.9 Å². The van der Waals surface area contributed by atoms with Crippen LogP contribution in [0.1, 0.15) is 0 Å². The lowest BCUT2D eigenvalue weighted by Crippen LogP contribution is -2.46. The Labute approximate surface area is 82.3 Å². The summed E-state index contributed by atoms with van der Waals surface area (Å²) in [6.07, 6.45) is -3.59. The number of carbonyl (C=O) groups is 1. The number of nitrogens with two attached hydrogens (primary N) is 1. The van der Waals surface area contributed by atoms with Crippen LogP contribution in [0.25, 0.3) is 0 Å². The van der Waals surface area contributed by atoms with Crippen LogP contribution in [0.4, 0.5) is 0 Å². The third-order valence-corrected chi connectivity index (χ3v) is 1.97. The van der Waals surface area contributed by atoms with Crippen molar-refractivity contribution in [2.24, 2.45) is 11.7 Å². The quantitative estimate of drug-likeness (QED) is 0.343. The van der Waals surface area contributed by atoms with Crippen molar-refractivity contribution in [2.75, 3.05) is 20.3 Å². The van der Waals surface area contributed by atoms with Gasteiger partial charge in [0.25, 0.3) is 0 Å². The van der Waals surface area contributed by atoms with Crippen molar-refractivity contribution >= 4 is 6.29 Å². The van der Waals surface area contributed by atoms with E-state index in [0.717, 1.165) is 0 Å². The van der Waals surface area contributed by atoms with Crippen LogP contribution in [-0.4, -0.2) is 60.2 Å². The van der Waals surface area contributed by atoms with Crippen LogP contribution in [0.3, 0.4) is 0 Å². The highest BCUT2D eigenvalue weighted by molar-refractivity contribution is 5.55. The predicted molar refractivity (Wildman–Crippen MR) is 48.5 cm³/mol. The zero-order chi connectivity index (χ0) is 11.1. The van der Waals surface area contributed by atoms with E-state index in [1.54, 1.807) is 0 Å². The summed E-state index contributed by atoms with van der Waals surface area (Å²) >= 11 is 0. The summed E-state index contributed by atoms with van der Waals surface area (Å²) in [7, 11) is 1.35. The van der Waals surface area contributed by atoms with Gasteiger partial charge >= 0.3 is 0 Å². The lowest BCUT2D eigenvalue weighted by atomic mass is 9.96. The molecule has 0 aliphatic rings. The van der Waals surface area contributed by atoms with E-state index in [9.17, 15) is 20.1 Å². The first kappa shape index (κ1) is 13.5. The molecule has 6 nitrogen and oxygen atoms in total. The molecule has 0 fully saturated rings. The van der Waals surface area contributed by atoms with E-state index in [1.165, 1.54) is 7.11 Å². The smallest absolute Gasteiger partial charge is 0.127 e. The Morgan fingerprint density at radius 1 is 1.36 bits per heavy atom. The number of hydrogen-bond donors (Lipinski definition) is 4. The summed E-state index contributed by atoms with van der Waals surface area (Å²) in [6, 6.07) is 0. The molecule has 84 valence electrons. The summed E-state index contributed by atoms with van der Waals surface area (Å²) < 4.78 is 4.58. The number of rotatable bonds is 7. The van der Waals surface area contributed by atoms with E-state index in [-0.39, 0.29) is 13.2 Å². The van der Waals surface area contributed by atoms with Crippen LogP contribution in [0.15, 0.2) is 0 Å². The molecular formula is C8H17NO5. The van der Waals surface area contributed by atoms with Gasteiger partial charge in [-0.05, 0) is 0 Å². The number of ether oxygens (including phenoxy) is 1. The number of aliphatic hydroxyl groups excluding tert-OH is 3. The Kier molecular flexibility index (Phi) is 6.60. The molecule has 0 aliphatic carbocycles. The molecule has 0 amide bonds. The molecule has 0 saturated carbocycles. The molecule has 0 aromatic rings. The number of methoxy groups -OCH3 is 1. The first-order valence-corrected chi connectivity index (χ1v) is 4.27. The summed E-state index contributed by atoms with van der Waals surface area (Å²) in [6.45, 7) is -0.199. The number of aliphatic hydroxyl groups is 3. The number of aldehydes is 1. The monoisotopic (exact) mass is 207 g/mol. The lowest BCUT2D eigenvalue weighted by Gasteiger charge is -2.25. The summed E-state index contributed by atoms with van der Waals surface area (Å²) in [5.41, 5.74) is 5.18. The van der Waals surface area contributed by atoms with Crippen molar-refractivity contribution in [2.45, 2.75) is 18.3 Å². The Balaban J connectivity index is 4.20. The van der Waals surface area contributed by atoms with Gasteiger partial charge in [-0.25, -0.2) is 0 Å². The summed E-state index contributed by atoms with van der Waals surface area (Å²) in [4.78, 5) is 10.4. The van der Waals surface area contributed by atoms with Gasteiger partial charge < -0.3 is 30.6 Å². The molecule has 0 aliphatic heterocycles. The van der Waals surface area contributed by atoms with Crippen LogP contribution in [0.5, 0.6) is 0 Å².